The summed E-state index contributed by atoms with van der Waals surface area (Å²) in [4.78, 5) is 0.266. The smallest absolute Gasteiger partial charge is 0.768 e. The molecule has 1 atom stereocenters. The second-order valence-electron chi connectivity index (χ2n) is 3.80. The van der Waals surface area contributed by atoms with Crippen LogP contribution in [0.2, 0.25) is 0 Å². The minimum Gasteiger partial charge on any atom is -0.768 e. The number of aliphatic hydroxyl groups is 1. The fourth-order valence-corrected chi connectivity index (χ4v) is 1.47. The molecule has 5 heteroatoms. The van der Waals surface area contributed by atoms with Crippen LogP contribution in [0, 0.1) is 0 Å². The van der Waals surface area contributed by atoms with Gasteiger partial charge in [0.1, 0.15) is 0 Å². The van der Waals surface area contributed by atoms with Crippen LogP contribution in [0.15, 0.2) is 29.2 Å². The maximum absolute atomic E-state index is 10.6. The van der Waals surface area contributed by atoms with Gasteiger partial charge in [-0.15, -0.1) is 0 Å². The first kappa shape index (κ1) is 15.3. The van der Waals surface area contributed by atoms with E-state index in [0.717, 1.165) is 5.56 Å². The summed E-state index contributed by atoms with van der Waals surface area (Å²) < 4.78 is 21.2. The van der Waals surface area contributed by atoms with Crippen molar-refractivity contribution in [3.8, 4) is 0 Å². The molecule has 1 unspecified atom stereocenters. The molecule has 0 aromatic heterocycles. The van der Waals surface area contributed by atoms with Crippen LogP contribution in [0.4, 0.5) is 0 Å². The Balaban J connectivity index is 0.00000196. The van der Waals surface area contributed by atoms with Crippen LogP contribution < -0.4 is 29.6 Å². The van der Waals surface area contributed by atoms with Gasteiger partial charge in [-0.25, -0.2) is 0 Å². The van der Waals surface area contributed by atoms with Gasteiger partial charge >= 0.3 is 29.6 Å². The van der Waals surface area contributed by atoms with Crippen molar-refractivity contribution in [3.63, 3.8) is 0 Å². The Morgan fingerprint density at radius 2 is 1.80 bits per heavy atom. The minimum atomic E-state index is -2.18. The summed E-state index contributed by atoms with van der Waals surface area (Å²) in [7, 11) is 0. The van der Waals surface area contributed by atoms with Crippen molar-refractivity contribution < 1.29 is 43.4 Å². The summed E-state index contributed by atoms with van der Waals surface area (Å²) in [5.41, 5.74) is 0.595. The molecule has 78 valence electrons. The van der Waals surface area contributed by atoms with E-state index in [1.807, 2.05) is 13.8 Å². The number of hydrogen-bond donors (Lipinski definition) is 1. The molecule has 1 rings (SSSR count). The molecular weight excluding hydrogens is 223 g/mol. The van der Waals surface area contributed by atoms with E-state index in [0.29, 0.717) is 0 Å². The molecule has 1 N–H and O–H groups in total. The third kappa shape index (κ3) is 3.98. The molecule has 1 aromatic carbocycles. The first-order chi connectivity index (χ1) is 6.47. The summed E-state index contributed by atoms with van der Waals surface area (Å²) in [5, 5.41) is 9.10. The van der Waals surface area contributed by atoms with E-state index in [9.17, 15) is 8.76 Å². The fraction of sp³-hybridized carbons (Fsp3) is 0.400. The Morgan fingerprint density at radius 1 is 1.33 bits per heavy atom. The van der Waals surface area contributed by atoms with Crippen LogP contribution in [0.25, 0.3) is 0 Å². The standard InChI is InChI=1S/C10H14O3S.Na/c1-10(2,7-11)8-3-5-9(6-4-8)14(12)13;/h3-6,11H,7H2,1-2H3,(H,12,13);/q;+1/p-1. The van der Waals surface area contributed by atoms with Crippen molar-refractivity contribution in [1.82, 2.24) is 0 Å². The van der Waals surface area contributed by atoms with E-state index in [1.165, 1.54) is 12.1 Å². The van der Waals surface area contributed by atoms with Crippen LogP contribution in [0.1, 0.15) is 19.4 Å². The third-order valence-corrected chi connectivity index (χ3v) is 2.88. The quantitative estimate of drug-likeness (QED) is 0.497. The van der Waals surface area contributed by atoms with Gasteiger partial charge in [0.15, 0.2) is 0 Å². The van der Waals surface area contributed by atoms with Gasteiger partial charge in [-0.3, -0.25) is 4.21 Å². The Kier molecular flexibility index (Phi) is 6.25. The Morgan fingerprint density at radius 3 is 2.13 bits per heavy atom. The fourth-order valence-electron chi connectivity index (χ4n) is 1.11. The van der Waals surface area contributed by atoms with E-state index in [1.54, 1.807) is 12.1 Å². The Hall–Kier alpha value is 0.290. The number of aliphatic hydroxyl groups excluding tert-OH is 1. The van der Waals surface area contributed by atoms with Crippen LogP contribution in [0.5, 0.6) is 0 Å². The molecule has 0 fully saturated rings. The first-order valence-electron chi connectivity index (χ1n) is 4.28. The first-order valence-corrected chi connectivity index (χ1v) is 5.35. The van der Waals surface area contributed by atoms with Crippen molar-refractivity contribution in [2.24, 2.45) is 0 Å². The van der Waals surface area contributed by atoms with Crippen molar-refractivity contribution in [1.29, 1.82) is 0 Å². The molecule has 0 bridgehead atoms. The average molecular weight is 236 g/mol. The van der Waals surface area contributed by atoms with Crippen molar-refractivity contribution in [3.05, 3.63) is 29.8 Å². The van der Waals surface area contributed by atoms with Crippen molar-refractivity contribution in [2.75, 3.05) is 6.61 Å². The molecule has 0 amide bonds. The zero-order chi connectivity index (χ0) is 10.8. The van der Waals surface area contributed by atoms with E-state index in [-0.39, 0.29) is 46.5 Å². The predicted molar refractivity (Wildman–Crippen MR) is 53.7 cm³/mol. The summed E-state index contributed by atoms with van der Waals surface area (Å²) in [5.74, 6) is 0. The van der Waals surface area contributed by atoms with Crippen molar-refractivity contribution in [2.45, 2.75) is 24.2 Å². The molecule has 0 aliphatic heterocycles. The zero-order valence-electron chi connectivity index (χ0n) is 9.19. The summed E-state index contributed by atoms with van der Waals surface area (Å²) >= 11 is -2.18. The molecule has 0 radical (unpaired) electrons. The molecule has 0 spiro atoms. The van der Waals surface area contributed by atoms with Gasteiger partial charge in [0.05, 0.1) is 6.61 Å². The minimum absolute atomic E-state index is 0. The summed E-state index contributed by atoms with van der Waals surface area (Å²) in [6.45, 7) is 3.83. The van der Waals surface area contributed by atoms with Crippen LogP contribution in [0.3, 0.4) is 0 Å². The maximum Gasteiger partial charge on any atom is 1.00 e. The molecule has 0 aliphatic rings. The summed E-state index contributed by atoms with van der Waals surface area (Å²) in [6, 6.07) is 6.52. The van der Waals surface area contributed by atoms with E-state index in [4.69, 9.17) is 5.11 Å². The normalized spacial score (nSPS) is 13.1. The SMILES string of the molecule is CC(C)(CO)c1ccc(S(=O)[O-])cc1.[Na+]. The van der Waals surface area contributed by atoms with Crippen LogP contribution in [-0.2, 0) is 16.5 Å². The van der Waals surface area contributed by atoms with E-state index >= 15 is 0 Å². The predicted octanol–water partition coefficient (Wildman–Crippen LogP) is -1.80. The van der Waals surface area contributed by atoms with E-state index < -0.39 is 11.1 Å². The molecule has 0 saturated carbocycles. The molecule has 3 nitrogen and oxygen atoms in total. The monoisotopic (exact) mass is 236 g/mol. The van der Waals surface area contributed by atoms with Gasteiger partial charge in [-0.05, 0) is 28.8 Å². The van der Waals surface area contributed by atoms with Gasteiger partial charge < -0.3 is 9.66 Å². The molecule has 0 aliphatic carbocycles. The van der Waals surface area contributed by atoms with Crippen LogP contribution in [-0.4, -0.2) is 20.5 Å². The van der Waals surface area contributed by atoms with Gasteiger partial charge in [0, 0.05) is 10.3 Å². The van der Waals surface area contributed by atoms with Crippen LogP contribution >= 0.6 is 0 Å². The second-order valence-corrected chi connectivity index (χ2v) is 4.74. The van der Waals surface area contributed by atoms with E-state index in [2.05, 4.69) is 0 Å². The zero-order valence-corrected chi connectivity index (χ0v) is 12.0. The third-order valence-electron chi connectivity index (χ3n) is 2.22. The summed E-state index contributed by atoms with van der Waals surface area (Å²) in [6.07, 6.45) is 0. The number of hydrogen-bond acceptors (Lipinski definition) is 3. The number of rotatable bonds is 3. The van der Waals surface area contributed by atoms with Gasteiger partial charge in [0.25, 0.3) is 0 Å². The molecule has 0 saturated heterocycles. The molecular formula is C10H13NaO3S. The molecule has 15 heavy (non-hydrogen) atoms. The second kappa shape index (κ2) is 6.13. The van der Waals surface area contributed by atoms with Gasteiger partial charge in [0.2, 0.25) is 0 Å². The topological polar surface area (TPSA) is 60.4 Å². The molecule has 1 aromatic rings. The average Bonchev–Trinajstić information content (AvgIpc) is 2.18. The molecule has 0 heterocycles. The maximum atomic E-state index is 10.6. The number of benzene rings is 1. The van der Waals surface area contributed by atoms with Gasteiger partial charge in [-0.1, -0.05) is 26.0 Å². The van der Waals surface area contributed by atoms with Crippen molar-refractivity contribution >= 4 is 11.1 Å². The van der Waals surface area contributed by atoms with Gasteiger partial charge in [-0.2, -0.15) is 0 Å². The largest absolute Gasteiger partial charge is 1.00 e. The Bertz CT molecular complexity index is 335. The Labute approximate surface area is 114 Å².